The lowest BCUT2D eigenvalue weighted by Gasteiger charge is -2.23. The Morgan fingerprint density at radius 2 is 2.25 bits per heavy atom. The summed E-state index contributed by atoms with van der Waals surface area (Å²) in [5.74, 6) is 2.29. The first-order valence-electron chi connectivity index (χ1n) is 6.03. The molecule has 0 aromatic heterocycles. The summed E-state index contributed by atoms with van der Waals surface area (Å²) in [6.45, 7) is 7.94. The van der Waals surface area contributed by atoms with Gasteiger partial charge in [0.05, 0.1) is 0 Å². The highest BCUT2D eigenvalue weighted by Gasteiger charge is 2.30. The molecule has 1 rings (SSSR count). The van der Waals surface area contributed by atoms with Crippen LogP contribution in [0.3, 0.4) is 0 Å². The maximum absolute atomic E-state index is 4.36. The number of nitrogens with one attached hydrogen (secondary N) is 1. The molecule has 1 aliphatic heterocycles. The molecule has 1 N–H and O–H groups in total. The van der Waals surface area contributed by atoms with Gasteiger partial charge in [-0.25, -0.2) is 0 Å². The lowest BCUT2D eigenvalue weighted by molar-refractivity contribution is 0.370. The van der Waals surface area contributed by atoms with Crippen LogP contribution in [-0.4, -0.2) is 49.6 Å². The molecule has 1 fully saturated rings. The summed E-state index contributed by atoms with van der Waals surface area (Å²) in [5, 5.41) is 3.45. The third-order valence-electron chi connectivity index (χ3n) is 3.00. The summed E-state index contributed by atoms with van der Waals surface area (Å²) in [6.07, 6.45) is 4.62. The van der Waals surface area contributed by atoms with E-state index in [-0.39, 0.29) is 0 Å². The van der Waals surface area contributed by atoms with Gasteiger partial charge in [0.2, 0.25) is 0 Å². The fraction of sp³-hybridized carbons (Fsp3) is 0.917. The molecule has 0 spiro atoms. The number of guanidine groups is 1. The van der Waals surface area contributed by atoms with Crippen molar-refractivity contribution in [1.82, 2.24) is 10.2 Å². The minimum absolute atomic E-state index is 0.441. The third-order valence-corrected chi connectivity index (χ3v) is 3.69. The molecule has 4 heteroatoms. The number of thioether (sulfide) groups is 1. The summed E-state index contributed by atoms with van der Waals surface area (Å²) in [4.78, 5) is 6.73. The molecule has 0 amide bonds. The van der Waals surface area contributed by atoms with Gasteiger partial charge in [0.1, 0.15) is 0 Å². The lowest BCUT2D eigenvalue weighted by atomic mass is 9.93. The predicted molar refractivity (Wildman–Crippen MR) is 74.3 cm³/mol. The van der Waals surface area contributed by atoms with Gasteiger partial charge in [0.15, 0.2) is 5.96 Å². The van der Waals surface area contributed by atoms with E-state index in [1.165, 1.54) is 18.6 Å². The molecule has 1 heterocycles. The Morgan fingerprint density at radius 1 is 1.50 bits per heavy atom. The van der Waals surface area contributed by atoms with Gasteiger partial charge in [0.25, 0.3) is 0 Å². The second kappa shape index (κ2) is 6.38. The first kappa shape index (κ1) is 13.7. The molecule has 0 bridgehead atoms. The van der Waals surface area contributed by atoms with E-state index in [1.807, 2.05) is 18.8 Å². The third kappa shape index (κ3) is 4.24. The van der Waals surface area contributed by atoms with Gasteiger partial charge < -0.3 is 10.2 Å². The van der Waals surface area contributed by atoms with E-state index in [4.69, 9.17) is 0 Å². The molecule has 0 aromatic rings. The van der Waals surface area contributed by atoms with Crippen LogP contribution in [0.25, 0.3) is 0 Å². The van der Waals surface area contributed by atoms with Crippen LogP contribution in [0.5, 0.6) is 0 Å². The zero-order valence-corrected chi connectivity index (χ0v) is 11.9. The van der Waals surface area contributed by atoms with Crippen LogP contribution < -0.4 is 5.32 Å². The lowest BCUT2D eigenvalue weighted by Crippen LogP contribution is -2.41. The largest absolute Gasteiger partial charge is 0.356 e. The summed E-state index contributed by atoms with van der Waals surface area (Å²) in [6, 6.07) is 0. The monoisotopic (exact) mass is 243 g/mol. The van der Waals surface area contributed by atoms with E-state index in [9.17, 15) is 0 Å². The average molecular weight is 243 g/mol. The van der Waals surface area contributed by atoms with Crippen molar-refractivity contribution in [3.63, 3.8) is 0 Å². The normalized spacial score (nSPS) is 20.2. The van der Waals surface area contributed by atoms with Crippen LogP contribution in [0.15, 0.2) is 4.99 Å². The second-order valence-corrected chi connectivity index (χ2v) is 6.14. The van der Waals surface area contributed by atoms with E-state index in [2.05, 4.69) is 35.3 Å². The molecule has 16 heavy (non-hydrogen) atoms. The van der Waals surface area contributed by atoms with E-state index >= 15 is 0 Å². The molecule has 0 unspecified atom stereocenters. The maximum atomic E-state index is 4.36. The average Bonchev–Trinajstić information content (AvgIpc) is 2.59. The van der Waals surface area contributed by atoms with Gasteiger partial charge in [-0.1, -0.05) is 13.8 Å². The molecule has 0 aromatic carbocycles. The van der Waals surface area contributed by atoms with Gasteiger partial charge in [-0.3, -0.25) is 4.99 Å². The number of aliphatic imine (C=N–C) groups is 1. The van der Waals surface area contributed by atoms with Crippen LogP contribution in [0.4, 0.5) is 0 Å². The fourth-order valence-corrected chi connectivity index (χ4v) is 2.48. The topological polar surface area (TPSA) is 27.6 Å². The highest BCUT2D eigenvalue weighted by molar-refractivity contribution is 7.98. The van der Waals surface area contributed by atoms with E-state index in [0.29, 0.717) is 5.41 Å². The summed E-state index contributed by atoms with van der Waals surface area (Å²) < 4.78 is 0. The Morgan fingerprint density at radius 3 is 2.75 bits per heavy atom. The number of rotatable bonds is 4. The van der Waals surface area contributed by atoms with Crippen LogP contribution in [0, 0.1) is 5.41 Å². The van der Waals surface area contributed by atoms with Crippen LogP contribution >= 0.6 is 11.8 Å². The number of hydrogen-bond donors (Lipinski definition) is 1. The maximum Gasteiger partial charge on any atom is 0.193 e. The zero-order valence-electron chi connectivity index (χ0n) is 11.0. The van der Waals surface area contributed by atoms with E-state index in [0.717, 1.165) is 25.6 Å². The molecule has 0 saturated carbocycles. The standard InChI is InChI=1S/C12H25N3S/c1-12(2)6-8-15(10-12)11(13-3)14-7-5-9-16-4/h5-10H2,1-4H3,(H,13,14). The molecule has 0 atom stereocenters. The van der Waals surface area contributed by atoms with Crippen molar-refractivity contribution in [2.75, 3.05) is 38.7 Å². The number of hydrogen-bond acceptors (Lipinski definition) is 2. The van der Waals surface area contributed by atoms with Crippen LogP contribution in [-0.2, 0) is 0 Å². The summed E-state index contributed by atoms with van der Waals surface area (Å²) >= 11 is 1.90. The minimum atomic E-state index is 0.441. The highest BCUT2D eigenvalue weighted by atomic mass is 32.2. The first-order chi connectivity index (χ1) is 7.59. The van der Waals surface area contributed by atoms with Crippen molar-refractivity contribution in [2.24, 2.45) is 10.4 Å². The molecule has 94 valence electrons. The summed E-state index contributed by atoms with van der Waals surface area (Å²) in [7, 11) is 1.88. The van der Waals surface area contributed by atoms with Gasteiger partial charge in [0, 0.05) is 26.7 Å². The van der Waals surface area contributed by atoms with Gasteiger partial charge >= 0.3 is 0 Å². The van der Waals surface area contributed by atoms with Crippen LogP contribution in [0.1, 0.15) is 26.7 Å². The van der Waals surface area contributed by atoms with Crippen molar-refractivity contribution in [2.45, 2.75) is 26.7 Å². The molecule has 1 saturated heterocycles. The van der Waals surface area contributed by atoms with Crippen molar-refractivity contribution in [1.29, 1.82) is 0 Å². The smallest absolute Gasteiger partial charge is 0.193 e. The Balaban J connectivity index is 2.33. The number of nitrogens with zero attached hydrogens (tertiary/aromatic N) is 2. The quantitative estimate of drug-likeness (QED) is 0.465. The van der Waals surface area contributed by atoms with Crippen LogP contribution in [0.2, 0.25) is 0 Å². The molecular weight excluding hydrogens is 218 g/mol. The van der Waals surface area contributed by atoms with Crippen molar-refractivity contribution < 1.29 is 0 Å². The second-order valence-electron chi connectivity index (χ2n) is 5.16. The molecule has 1 aliphatic rings. The molecule has 0 aliphatic carbocycles. The van der Waals surface area contributed by atoms with E-state index < -0.39 is 0 Å². The fourth-order valence-electron chi connectivity index (χ4n) is 2.04. The zero-order chi connectivity index (χ0) is 12.0. The highest BCUT2D eigenvalue weighted by Crippen LogP contribution is 2.28. The van der Waals surface area contributed by atoms with Gasteiger partial charge in [-0.2, -0.15) is 11.8 Å². The Labute approximate surface area is 104 Å². The molecular formula is C12H25N3S. The Hall–Kier alpha value is -0.380. The van der Waals surface area contributed by atoms with Crippen molar-refractivity contribution in [3.05, 3.63) is 0 Å². The summed E-state index contributed by atoms with van der Waals surface area (Å²) in [5.41, 5.74) is 0.441. The van der Waals surface area contributed by atoms with Gasteiger partial charge in [-0.15, -0.1) is 0 Å². The van der Waals surface area contributed by atoms with Gasteiger partial charge in [-0.05, 0) is 30.3 Å². The number of likely N-dealkylation sites (tertiary alicyclic amines) is 1. The SMILES string of the molecule is CN=C(NCCCSC)N1CCC(C)(C)C1. The Bertz CT molecular complexity index is 238. The van der Waals surface area contributed by atoms with Crippen molar-refractivity contribution >= 4 is 17.7 Å². The van der Waals surface area contributed by atoms with E-state index in [1.54, 1.807) is 0 Å². The predicted octanol–water partition coefficient (Wildman–Crippen LogP) is 2.05. The minimum Gasteiger partial charge on any atom is -0.356 e. The molecule has 0 radical (unpaired) electrons. The van der Waals surface area contributed by atoms with Crippen molar-refractivity contribution in [3.8, 4) is 0 Å². The Kier molecular flexibility index (Phi) is 5.46. The molecule has 3 nitrogen and oxygen atoms in total. The first-order valence-corrected chi connectivity index (χ1v) is 7.43.